The first-order valence-electron chi connectivity index (χ1n) is 4.19. The molecular weight excluding hydrogens is 180 g/mol. The maximum Gasteiger partial charge on any atom is 0.240 e. The maximum atomic E-state index is 2.22. The zero-order valence-corrected chi connectivity index (χ0v) is 8.08. The summed E-state index contributed by atoms with van der Waals surface area (Å²) < 4.78 is 4.39. The van der Waals surface area contributed by atoms with Gasteiger partial charge in [0, 0.05) is 12.3 Å². The molecule has 0 aromatic carbocycles. The van der Waals surface area contributed by atoms with Crippen molar-refractivity contribution >= 4 is 27.2 Å². The number of thiophene rings is 1. The quantitative estimate of drug-likeness (QED) is 0.478. The molecule has 3 rings (SSSR count). The Morgan fingerprint density at radius 2 is 2.31 bits per heavy atom. The van der Waals surface area contributed by atoms with Gasteiger partial charge in [0.15, 0.2) is 11.0 Å². The third-order valence-electron chi connectivity index (χ3n) is 2.33. The molecule has 0 unspecified atom stereocenters. The third-order valence-corrected chi connectivity index (χ3v) is 3.23. The molecule has 13 heavy (non-hydrogen) atoms. The highest BCUT2D eigenvalue weighted by molar-refractivity contribution is 7.16. The molecule has 0 aliphatic rings. The molecule has 0 atom stereocenters. The molecule has 0 bridgehead atoms. The summed E-state index contributed by atoms with van der Waals surface area (Å²) in [5.74, 6) is 0. The van der Waals surface area contributed by atoms with E-state index in [0.717, 1.165) is 0 Å². The first-order chi connectivity index (χ1) is 6.36. The van der Waals surface area contributed by atoms with Gasteiger partial charge < -0.3 is 0 Å². The fourth-order valence-electron chi connectivity index (χ4n) is 1.70. The van der Waals surface area contributed by atoms with Crippen molar-refractivity contribution in [1.82, 2.24) is 4.40 Å². The van der Waals surface area contributed by atoms with Crippen LogP contribution in [-0.4, -0.2) is 4.40 Å². The summed E-state index contributed by atoms with van der Waals surface area (Å²) in [7, 11) is 2.09. The van der Waals surface area contributed by atoms with Crippen molar-refractivity contribution in [1.29, 1.82) is 0 Å². The summed E-state index contributed by atoms with van der Waals surface area (Å²) in [5, 5.41) is 2.13. The topological polar surface area (TPSA) is 8.29 Å². The number of fused-ring (bicyclic) bond motifs is 3. The van der Waals surface area contributed by atoms with E-state index < -0.39 is 0 Å². The molecule has 0 radical (unpaired) electrons. The molecular formula is C10H9N2S+. The van der Waals surface area contributed by atoms with Crippen LogP contribution in [0.3, 0.4) is 0 Å². The van der Waals surface area contributed by atoms with E-state index in [0.29, 0.717) is 0 Å². The monoisotopic (exact) mass is 189 g/mol. The molecule has 64 valence electrons. The molecule has 3 heterocycles. The van der Waals surface area contributed by atoms with Gasteiger partial charge in [-0.05, 0) is 17.5 Å². The Morgan fingerprint density at radius 1 is 1.38 bits per heavy atom. The van der Waals surface area contributed by atoms with E-state index in [2.05, 4.69) is 52.0 Å². The van der Waals surface area contributed by atoms with Crippen LogP contribution in [0.15, 0.2) is 36.0 Å². The first kappa shape index (κ1) is 7.09. The van der Waals surface area contributed by atoms with Gasteiger partial charge in [-0.25, -0.2) is 0 Å². The zero-order valence-electron chi connectivity index (χ0n) is 7.27. The summed E-state index contributed by atoms with van der Waals surface area (Å²) in [6.07, 6.45) is 4.25. The van der Waals surface area contributed by atoms with Crippen LogP contribution in [0.25, 0.3) is 15.9 Å². The second-order valence-corrected chi connectivity index (χ2v) is 4.05. The first-order valence-corrected chi connectivity index (χ1v) is 5.07. The molecule has 0 aliphatic carbocycles. The maximum absolute atomic E-state index is 2.22. The molecule has 0 amide bonds. The van der Waals surface area contributed by atoms with E-state index in [1.54, 1.807) is 11.3 Å². The second kappa shape index (κ2) is 2.33. The van der Waals surface area contributed by atoms with Crippen molar-refractivity contribution in [2.75, 3.05) is 0 Å². The van der Waals surface area contributed by atoms with E-state index in [1.807, 2.05) is 0 Å². The van der Waals surface area contributed by atoms with Gasteiger partial charge in [-0.15, -0.1) is 11.3 Å². The van der Waals surface area contributed by atoms with E-state index in [1.165, 1.54) is 15.9 Å². The van der Waals surface area contributed by atoms with Crippen LogP contribution in [0.2, 0.25) is 0 Å². The van der Waals surface area contributed by atoms with Crippen LogP contribution in [-0.2, 0) is 7.05 Å². The lowest BCUT2D eigenvalue weighted by molar-refractivity contribution is -0.643. The highest BCUT2D eigenvalue weighted by atomic mass is 32.1. The van der Waals surface area contributed by atoms with Crippen molar-refractivity contribution in [3.05, 3.63) is 36.0 Å². The normalized spacial score (nSPS) is 11.5. The molecule has 3 aromatic heterocycles. The smallest absolute Gasteiger partial charge is 0.240 e. The van der Waals surface area contributed by atoms with Crippen molar-refractivity contribution in [3.63, 3.8) is 0 Å². The van der Waals surface area contributed by atoms with Gasteiger partial charge in [0.2, 0.25) is 5.52 Å². The van der Waals surface area contributed by atoms with Crippen molar-refractivity contribution in [2.24, 2.45) is 7.05 Å². The van der Waals surface area contributed by atoms with Crippen molar-refractivity contribution in [2.45, 2.75) is 0 Å². The lowest BCUT2D eigenvalue weighted by atomic mass is 10.4. The number of aryl methyl sites for hydroxylation is 1. The zero-order chi connectivity index (χ0) is 8.84. The number of hydrogen-bond acceptors (Lipinski definition) is 1. The lowest BCUT2D eigenvalue weighted by Gasteiger charge is -1.95. The minimum absolute atomic E-state index is 1.25. The highest BCUT2D eigenvalue weighted by Crippen LogP contribution is 2.18. The van der Waals surface area contributed by atoms with Crippen molar-refractivity contribution in [3.8, 4) is 0 Å². The van der Waals surface area contributed by atoms with Gasteiger partial charge >= 0.3 is 0 Å². The largest absolute Gasteiger partial charge is 0.298 e. The molecule has 2 nitrogen and oxygen atoms in total. The van der Waals surface area contributed by atoms with E-state index >= 15 is 0 Å². The highest BCUT2D eigenvalue weighted by Gasteiger charge is 2.09. The fraction of sp³-hybridized carbons (Fsp3) is 0.100. The summed E-state index contributed by atoms with van der Waals surface area (Å²) in [5.41, 5.74) is 2.53. The van der Waals surface area contributed by atoms with Gasteiger partial charge in [0.1, 0.15) is 12.6 Å². The summed E-state index contributed by atoms with van der Waals surface area (Å²) >= 11 is 1.78. The average molecular weight is 189 g/mol. The minimum atomic E-state index is 1.25. The number of nitrogens with zero attached hydrogens (tertiary/aromatic N) is 2. The van der Waals surface area contributed by atoms with E-state index in [-0.39, 0.29) is 0 Å². The molecule has 0 saturated carbocycles. The van der Waals surface area contributed by atoms with Gasteiger partial charge in [-0.3, -0.25) is 4.40 Å². The standard InChI is InChI=1S/C10H9N2S/c1-11-7-8-3-2-5-12(8)10-9(11)4-6-13-10/h2-7H,1H3/q+1. The van der Waals surface area contributed by atoms with Crippen LogP contribution in [0.1, 0.15) is 0 Å². The fourth-order valence-corrected chi connectivity index (χ4v) is 2.63. The summed E-state index contributed by atoms with van der Waals surface area (Å²) in [6.45, 7) is 0. The van der Waals surface area contributed by atoms with Crippen LogP contribution in [0.5, 0.6) is 0 Å². The van der Waals surface area contributed by atoms with Crippen LogP contribution >= 0.6 is 11.3 Å². The number of hydrogen-bond donors (Lipinski definition) is 0. The Bertz CT molecular complexity index is 577. The molecule has 0 saturated heterocycles. The molecule has 0 spiro atoms. The Labute approximate surface area is 79.7 Å². The Balaban J connectivity index is 2.70. The molecule has 0 fully saturated rings. The Morgan fingerprint density at radius 3 is 3.23 bits per heavy atom. The van der Waals surface area contributed by atoms with Crippen LogP contribution in [0.4, 0.5) is 0 Å². The molecule has 0 N–H and O–H groups in total. The van der Waals surface area contributed by atoms with E-state index in [4.69, 9.17) is 0 Å². The predicted octanol–water partition coefficient (Wildman–Crippen LogP) is 1.98. The Kier molecular flexibility index (Phi) is 1.27. The number of rotatable bonds is 0. The van der Waals surface area contributed by atoms with Gasteiger partial charge in [-0.2, -0.15) is 4.57 Å². The third kappa shape index (κ3) is 0.848. The lowest BCUT2D eigenvalue weighted by Crippen LogP contribution is -2.28. The van der Waals surface area contributed by atoms with Crippen LogP contribution < -0.4 is 4.57 Å². The SMILES string of the molecule is C[n+]1cc2cccn2c2sccc21. The molecule has 3 aromatic rings. The molecule has 3 heteroatoms. The van der Waals surface area contributed by atoms with E-state index in [9.17, 15) is 0 Å². The van der Waals surface area contributed by atoms with Crippen molar-refractivity contribution < 1.29 is 4.57 Å². The van der Waals surface area contributed by atoms with Gasteiger partial charge in [0.05, 0.1) is 0 Å². The summed E-state index contributed by atoms with van der Waals surface area (Å²) in [6, 6.07) is 6.35. The van der Waals surface area contributed by atoms with Gasteiger partial charge in [0.25, 0.3) is 0 Å². The second-order valence-electron chi connectivity index (χ2n) is 3.15. The molecule has 0 aliphatic heterocycles. The predicted molar refractivity (Wildman–Crippen MR) is 54.0 cm³/mol. The minimum Gasteiger partial charge on any atom is -0.298 e. The Hall–Kier alpha value is -1.35. The average Bonchev–Trinajstić information content (AvgIpc) is 2.66. The number of aromatic nitrogens is 2. The van der Waals surface area contributed by atoms with Crippen LogP contribution in [0, 0.1) is 0 Å². The summed E-state index contributed by atoms with van der Waals surface area (Å²) in [4.78, 5) is 1.31. The van der Waals surface area contributed by atoms with Gasteiger partial charge in [-0.1, -0.05) is 0 Å².